The number of aromatic nitrogens is 2. The van der Waals surface area contributed by atoms with Crippen molar-refractivity contribution < 1.29 is 4.79 Å². The van der Waals surface area contributed by atoms with Gasteiger partial charge >= 0.3 is 0 Å². The van der Waals surface area contributed by atoms with Gasteiger partial charge in [-0.2, -0.15) is 5.10 Å². The number of benzene rings is 1. The van der Waals surface area contributed by atoms with E-state index >= 15 is 0 Å². The molecule has 0 bridgehead atoms. The van der Waals surface area contributed by atoms with Crippen molar-refractivity contribution >= 4 is 11.6 Å². The highest BCUT2D eigenvalue weighted by Gasteiger charge is 2.09. The van der Waals surface area contributed by atoms with E-state index in [0.29, 0.717) is 29.9 Å². The van der Waals surface area contributed by atoms with E-state index in [9.17, 15) is 9.59 Å². The quantitative estimate of drug-likeness (QED) is 0.678. The molecule has 1 heterocycles. The summed E-state index contributed by atoms with van der Waals surface area (Å²) in [6.07, 6.45) is 1.55. The van der Waals surface area contributed by atoms with E-state index in [4.69, 9.17) is 11.5 Å². The Balaban J connectivity index is 2.24. The standard InChI is InChI=1S/C14H17N5O2/c15-5-6-17-11-7-13(20)19(18-8-11)9-10-3-1-2-4-12(10)14(16)21/h1-4,7-8,17H,5-6,9,15H2,(H2,16,21). The molecule has 0 saturated carbocycles. The van der Waals surface area contributed by atoms with Crippen molar-refractivity contribution in [3.05, 3.63) is 58.0 Å². The zero-order valence-corrected chi connectivity index (χ0v) is 11.5. The summed E-state index contributed by atoms with van der Waals surface area (Å²) in [5, 5.41) is 7.06. The molecule has 5 N–H and O–H groups in total. The van der Waals surface area contributed by atoms with Crippen molar-refractivity contribution in [1.82, 2.24) is 9.78 Å². The highest BCUT2D eigenvalue weighted by atomic mass is 16.1. The predicted octanol–water partition coefficient (Wildman–Crippen LogP) is -0.239. The SMILES string of the molecule is NCCNc1cnn(Cc2ccccc2C(N)=O)c(=O)c1. The highest BCUT2D eigenvalue weighted by molar-refractivity contribution is 5.94. The summed E-state index contributed by atoms with van der Waals surface area (Å²) in [5.41, 5.74) is 12.1. The number of rotatable bonds is 6. The molecule has 1 aromatic heterocycles. The number of hydrogen-bond donors (Lipinski definition) is 3. The smallest absolute Gasteiger partial charge is 0.269 e. The number of nitrogens with zero attached hydrogens (tertiary/aromatic N) is 2. The minimum atomic E-state index is -0.528. The number of nitrogens with one attached hydrogen (secondary N) is 1. The first-order valence-electron chi connectivity index (χ1n) is 6.50. The monoisotopic (exact) mass is 287 g/mol. The van der Waals surface area contributed by atoms with Crippen molar-refractivity contribution in [2.24, 2.45) is 11.5 Å². The Morgan fingerprint density at radius 2 is 2.10 bits per heavy atom. The van der Waals surface area contributed by atoms with Gasteiger partial charge in [0.2, 0.25) is 5.91 Å². The fourth-order valence-corrected chi connectivity index (χ4v) is 1.93. The Labute approximate surface area is 121 Å². The molecule has 1 aromatic carbocycles. The fraction of sp³-hybridized carbons (Fsp3) is 0.214. The maximum Gasteiger partial charge on any atom is 0.269 e. The van der Waals surface area contributed by atoms with Gasteiger partial charge in [0.1, 0.15) is 0 Å². The van der Waals surface area contributed by atoms with Crippen LogP contribution < -0.4 is 22.3 Å². The van der Waals surface area contributed by atoms with Gasteiger partial charge in [0.25, 0.3) is 5.56 Å². The van der Waals surface area contributed by atoms with Gasteiger partial charge in [-0.15, -0.1) is 0 Å². The number of primary amides is 1. The summed E-state index contributed by atoms with van der Waals surface area (Å²) in [4.78, 5) is 23.4. The number of carbonyl (C=O) groups is 1. The molecule has 2 rings (SSSR count). The van der Waals surface area contributed by atoms with Crippen LogP contribution in [0.4, 0.5) is 5.69 Å². The maximum absolute atomic E-state index is 12.0. The van der Waals surface area contributed by atoms with Gasteiger partial charge in [-0.3, -0.25) is 9.59 Å². The zero-order valence-electron chi connectivity index (χ0n) is 11.5. The van der Waals surface area contributed by atoms with Crippen molar-refractivity contribution in [3.8, 4) is 0 Å². The molecule has 1 amide bonds. The molecule has 7 heteroatoms. The molecule has 2 aromatic rings. The molecular formula is C14H17N5O2. The van der Waals surface area contributed by atoms with E-state index in [1.165, 1.54) is 10.7 Å². The Morgan fingerprint density at radius 1 is 1.33 bits per heavy atom. The summed E-state index contributed by atoms with van der Waals surface area (Å²) in [6.45, 7) is 1.22. The Kier molecular flexibility index (Phi) is 4.68. The van der Waals surface area contributed by atoms with Crippen molar-refractivity contribution in [2.45, 2.75) is 6.54 Å². The third-order valence-electron chi connectivity index (χ3n) is 2.95. The van der Waals surface area contributed by atoms with E-state index in [1.807, 2.05) is 0 Å². The van der Waals surface area contributed by atoms with Crippen molar-refractivity contribution in [1.29, 1.82) is 0 Å². The summed E-state index contributed by atoms with van der Waals surface area (Å²) < 4.78 is 1.27. The molecule has 110 valence electrons. The van der Waals surface area contributed by atoms with Crippen LogP contribution in [0.15, 0.2) is 41.3 Å². The minimum absolute atomic E-state index is 0.190. The second-order valence-corrected chi connectivity index (χ2v) is 4.48. The van der Waals surface area contributed by atoms with E-state index in [-0.39, 0.29) is 12.1 Å². The van der Waals surface area contributed by atoms with Crippen LogP contribution >= 0.6 is 0 Å². The normalized spacial score (nSPS) is 10.3. The molecule has 0 fully saturated rings. The fourth-order valence-electron chi connectivity index (χ4n) is 1.93. The number of hydrogen-bond acceptors (Lipinski definition) is 5. The van der Waals surface area contributed by atoms with Crippen molar-refractivity contribution in [2.75, 3.05) is 18.4 Å². The van der Waals surface area contributed by atoms with Crippen LogP contribution in [-0.4, -0.2) is 28.8 Å². The lowest BCUT2D eigenvalue weighted by atomic mass is 10.1. The van der Waals surface area contributed by atoms with Crippen LogP contribution in [0.3, 0.4) is 0 Å². The first kappa shape index (κ1) is 14.7. The van der Waals surface area contributed by atoms with Gasteiger partial charge in [-0.05, 0) is 11.6 Å². The summed E-state index contributed by atoms with van der Waals surface area (Å²) in [5.74, 6) is -0.528. The van der Waals surface area contributed by atoms with Gasteiger partial charge < -0.3 is 16.8 Å². The van der Waals surface area contributed by atoms with Gasteiger partial charge in [-0.25, -0.2) is 4.68 Å². The highest BCUT2D eigenvalue weighted by Crippen LogP contribution is 2.09. The second-order valence-electron chi connectivity index (χ2n) is 4.48. The number of anilines is 1. The molecule has 0 saturated heterocycles. The van der Waals surface area contributed by atoms with Crippen LogP contribution in [-0.2, 0) is 6.54 Å². The first-order valence-corrected chi connectivity index (χ1v) is 6.50. The van der Waals surface area contributed by atoms with Gasteiger partial charge in [0.15, 0.2) is 0 Å². The van der Waals surface area contributed by atoms with Crippen LogP contribution in [0, 0.1) is 0 Å². The lowest BCUT2D eigenvalue weighted by Gasteiger charge is -2.09. The van der Waals surface area contributed by atoms with Gasteiger partial charge in [-0.1, -0.05) is 18.2 Å². The maximum atomic E-state index is 12.0. The molecule has 7 nitrogen and oxygen atoms in total. The molecule has 0 aliphatic rings. The second kappa shape index (κ2) is 6.67. The first-order chi connectivity index (χ1) is 10.1. The van der Waals surface area contributed by atoms with Gasteiger partial charge in [0.05, 0.1) is 18.4 Å². The average Bonchev–Trinajstić information content (AvgIpc) is 2.48. The molecule has 0 spiro atoms. The van der Waals surface area contributed by atoms with Gasteiger partial charge in [0, 0.05) is 24.7 Å². The van der Waals surface area contributed by atoms with E-state index < -0.39 is 5.91 Å². The average molecular weight is 287 g/mol. The topological polar surface area (TPSA) is 116 Å². The predicted molar refractivity (Wildman–Crippen MR) is 80.1 cm³/mol. The van der Waals surface area contributed by atoms with Crippen LogP contribution in [0.25, 0.3) is 0 Å². The third-order valence-corrected chi connectivity index (χ3v) is 2.95. The number of amides is 1. The van der Waals surface area contributed by atoms with Crippen molar-refractivity contribution in [3.63, 3.8) is 0 Å². The molecular weight excluding hydrogens is 270 g/mol. The third kappa shape index (κ3) is 3.67. The van der Waals surface area contributed by atoms with E-state index in [0.717, 1.165) is 0 Å². The Bertz CT molecular complexity index is 696. The lowest BCUT2D eigenvalue weighted by Crippen LogP contribution is -2.25. The molecule has 0 unspecified atom stereocenters. The van der Waals surface area contributed by atoms with Crippen LogP contribution in [0.1, 0.15) is 15.9 Å². The molecule has 0 aliphatic carbocycles. The summed E-state index contributed by atoms with van der Waals surface area (Å²) in [7, 11) is 0. The molecule has 0 radical (unpaired) electrons. The zero-order chi connectivity index (χ0) is 15.2. The number of nitrogens with two attached hydrogens (primary N) is 2. The Hall–Kier alpha value is -2.67. The summed E-state index contributed by atoms with van der Waals surface area (Å²) >= 11 is 0. The van der Waals surface area contributed by atoms with Crippen LogP contribution in [0.5, 0.6) is 0 Å². The lowest BCUT2D eigenvalue weighted by molar-refractivity contribution is 0.0999. The molecule has 0 atom stereocenters. The molecule has 0 aliphatic heterocycles. The van der Waals surface area contributed by atoms with E-state index in [1.54, 1.807) is 30.5 Å². The van der Waals surface area contributed by atoms with Crippen LogP contribution in [0.2, 0.25) is 0 Å². The Morgan fingerprint density at radius 3 is 2.76 bits per heavy atom. The summed E-state index contributed by atoms with van der Waals surface area (Å²) in [6, 6.07) is 8.31. The number of carbonyl (C=O) groups excluding carboxylic acids is 1. The minimum Gasteiger partial charge on any atom is -0.382 e. The molecule has 21 heavy (non-hydrogen) atoms. The van der Waals surface area contributed by atoms with E-state index in [2.05, 4.69) is 10.4 Å². The largest absolute Gasteiger partial charge is 0.382 e.